The van der Waals surface area contributed by atoms with Crippen molar-refractivity contribution in [2.24, 2.45) is 34.4 Å². The van der Waals surface area contributed by atoms with E-state index in [9.17, 15) is 14.4 Å². The number of rotatable bonds is 11. The van der Waals surface area contributed by atoms with Crippen molar-refractivity contribution in [3.8, 4) is 0 Å². The normalized spacial score (nSPS) is 19.0. The maximum atomic E-state index is 14.0. The van der Waals surface area contributed by atoms with Crippen LogP contribution in [-0.4, -0.2) is 36.1 Å². The number of fused-ring (bicyclic) bond motifs is 1. The molecule has 1 heterocycles. The van der Waals surface area contributed by atoms with Crippen LogP contribution in [0.4, 0.5) is 5.69 Å². The van der Waals surface area contributed by atoms with Gasteiger partial charge in [0.25, 0.3) is 5.91 Å². The van der Waals surface area contributed by atoms with Crippen molar-refractivity contribution in [3.63, 3.8) is 0 Å². The Labute approximate surface area is 219 Å². The summed E-state index contributed by atoms with van der Waals surface area (Å²) in [6.45, 7) is 6.59. The van der Waals surface area contributed by atoms with E-state index >= 15 is 0 Å². The van der Waals surface area contributed by atoms with Crippen molar-refractivity contribution >= 4 is 29.1 Å². The van der Waals surface area contributed by atoms with Crippen LogP contribution in [0.1, 0.15) is 64.0 Å². The maximum Gasteiger partial charge on any atom is 0.272 e. The fourth-order valence-electron chi connectivity index (χ4n) is 5.15. The summed E-state index contributed by atoms with van der Waals surface area (Å²) in [7, 11) is 0. The van der Waals surface area contributed by atoms with Crippen LogP contribution in [0, 0.1) is 23.7 Å². The van der Waals surface area contributed by atoms with Crippen LogP contribution in [0.25, 0.3) is 0 Å². The number of benzene rings is 2. The van der Waals surface area contributed by atoms with E-state index in [4.69, 9.17) is 10.7 Å². The van der Waals surface area contributed by atoms with E-state index in [1.165, 1.54) is 0 Å². The molecule has 0 radical (unpaired) electrons. The number of carbonyl (C=O) groups excluding carboxylic acids is 3. The lowest BCUT2D eigenvalue weighted by atomic mass is 9.81. The van der Waals surface area contributed by atoms with Crippen molar-refractivity contribution in [2.45, 2.75) is 59.0 Å². The molecular weight excluding hydrogens is 464 g/mol. The van der Waals surface area contributed by atoms with E-state index in [1.807, 2.05) is 75.4 Å². The molecule has 1 fully saturated rings. The zero-order chi connectivity index (χ0) is 26.5. The van der Waals surface area contributed by atoms with E-state index in [1.54, 1.807) is 4.90 Å². The van der Waals surface area contributed by atoms with Crippen molar-refractivity contribution in [3.05, 3.63) is 65.7 Å². The lowest BCUT2D eigenvalue weighted by Crippen LogP contribution is -2.51. The molecule has 0 spiro atoms. The number of nitrogens with two attached hydrogens (primary N) is 1. The first kappa shape index (κ1) is 26.6. The molecule has 0 saturated heterocycles. The smallest absolute Gasteiger partial charge is 0.272 e. The molecule has 3 atom stereocenters. The van der Waals surface area contributed by atoms with Gasteiger partial charge in [0.2, 0.25) is 18.0 Å². The molecule has 196 valence electrons. The summed E-state index contributed by atoms with van der Waals surface area (Å²) in [6.07, 6.45) is 2.84. The number of carbonyl (C=O) groups is 3. The number of primary amides is 1. The fraction of sp³-hybridized carbons (Fsp3) is 0.467. The molecular formula is C30H38N4O3. The second-order valence-corrected chi connectivity index (χ2v) is 10.7. The lowest BCUT2D eigenvalue weighted by molar-refractivity contribution is -0.136. The summed E-state index contributed by atoms with van der Waals surface area (Å²) in [5.74, 6) is -1.67. The molecule has 2 aromatic carbocycles. The highest BCUT2D eigenvalue weighted by atomic mass is 16.2. The van der Waals surface area contributed by atoms with E-state index < -0.39 is 23.9 Å². The Morgan fingerprint density at radius 1 is 1.05 bits per heavy atom. The highest BCUT2D eigenvalue weighted by Gasteiger charge is 2.39. The highest BCUT2D eigenvalue weighted by molar-refractivity contribution is 6.20. The van der Waals surface area contributed by atoms with Gasteiger partial charge in [0.1, 0.15) is 0 Å². The Hall–Kier alpha value is -3.48. The first-order valence-electron chi connectivity index (χ1n) is 13.4. The third-order valence-corrected chi connectivity index (χ3v) is 7.18. The summed E-state index contributed by atoms with van der Waals surface area (Å²) >= 11 is 0. The topological polar surface area (TPSA) is 105 Å². The van der Waals surface area contributed by atoms with Gasteiger partial charge in [-0.3, -0.25) is 14.4 Å². The number of amides is 3. The minimum absolute atomic E-state index is 0.179. The molecule has 0 aromatic heterocycles. The number of aliphatic imine (C=N–C) groups is 1. The third-order valence-electron chi connectivity index (χ3n) is 7.18. The number of anilines is 1. The molecule has 3 amide bonds. The molecule has 3 N–H and O–H groups in total. The third kappa shape index (κ3) is 6.27. The summed E-state index contributed by atoms with van der Waals surface area (Å²) in [5, 5.41) is 2.94. The summed E-state index contributed by atoms with van der Waals surface area (Å²) in [6, 6.07) is 17.5. The van der Waals surface area contributed by atoms with Crippen LogP contribution in [0.3, 0.4) is 0 Å². The zero-order valence-corrected chi connectivity index (χ0v) is 22.0. The first-order valence-corrected chi connectivity index (χ1v) is 13.4. The number of nitrogens with one attached hydrogen (secondary N) is 1. The zero-order valence-electron chi connectivity index (χ0n) is 22.0. The van der Waals surface area contributed by atoms with Gasteiger partial charge in [-0.1, -0.05) is 75.7 Å². The van der Waals surface area contributed by atoms with Crippen molar-refractivity contribution < 1.29 is 14.4 Å². The van der Waals surface area contributed by atoms with Crippen LogP contribution in [0.15, 0.2) is 59.6 Å². The molecule has 37 heavy (non-hydrogen) atoms. The number of para-hydroxylation sites is 1. The van der Waals surface area contributed by atoms with Gasteiger partial charge >= 0.3 is 0 Å². The lowest BCUT2D eigenvalue weighted by Gasteiger charge is -2.28. The van der Waals surface area contributed by atoms with Gasteiger partial charge < -0.3 is 16.0 Å². The molecule has 3 unspecified atom stereocenters. The van der Waals surface area contributed by atoms with Gasteiger partial charge in [-0.2, -0.15) is 0 Å². The average molecular weight is 503 g/mol. The summed E-state index contributed by atoms with van der Waals surface area (Å²) in [5.41, 5.74) is 8.94. The standard InChI is InChI=1S/C30H38N4O3/c1-4-10-22(27(31)35)24(17-19(2)3)29(36)33-28-30(37)34(18-20-15-16-20)25-14-9-8-13-23(25)26(32-28)21-11-6-5-7-12-21/h5-9,11-14,19-20,22,24,28H,4,10,15-18H2,1-3H3,(H2,31,35)(H,33,36). The van der Waals surface area contributed by atoms with E-state index in [-0.39, 0.29) is 17.7 Å². The van der Waals surface area contributed by atoms with Gasteiger partial charge in [0, 0.05) is 29.5 Å². The summed E-state index contributed by atoms with van der Waals surface area (Å²) < 4.78 is 0. The number of nitrogens with zero attached hydrogens (tertiary/aromatic N) is 2. The Morgan fingerprint density at radius 2 is 1.73 bits per heavy atom. The minimum atomic E-state index is -1.10. The van der Waals surface area contributed by atoms with Crippen LogP contribution in [0.5, 0.6) is 0 Å². The molecule has 4 rings (SSSR count). The molecule has 1 aliphatic heterocycles. The molecule has 7 nitrogen and oxygen atoms in total. The maximum absolute atomic E-state index is 14.0. The number of hydrogen-bond acceptors (Lipinski definition) is 4. The van der Waals surface area contributed by atoms with Gasteiger partial charge in [0.15, 0.2) is 0 Å². The second kappa shape index (κ2) is 11.7. The minimum Gasteiger partial charge on any atom is -0.369 e. The Balaban J connectivity index is 1.75. The van der Waals surface area contributed by atoms with Crippen molar-refractivity contribution in [2.75, 3.05) is 11.4 Å². The van der Waals surface area contributed by atoms with Gasteiger partial charge in [-0.15, -0.1) is 0 Å². The molecule has 1 aliphatic carbocycles. The Bertz CT molecular complexity index is 1160. The SMILES string of the molecule is CCCC(C(N)=O)C(CC(C)C)C(=O)NC1N=C(c2ccccc2)c2ccccc2N(CC2CC2)C1=O. The number of hydrogen-bond donors (Lipinski definition) is 2. The number of benzodiazepines with no additional fused rings is 1. The van der Waals surface area contributed by atoms with Crippen molar-refractivity contribution in [1.82, 2.24) is 5.32 Å². The van der Waals surface area contributed by atoms with Crippen molar-refractivity contribution in [1.29, 1.82) is 0 Å². The van der Waals surface area contributed by atoms with E-state index in [0.29, 0.717) is 31.0 Å². The predicted octanol–water partition coefficient (Wildman–Crippen LogP) is 4.29. The molecule has 0 bridgehead atoms. The predicted molar refractivity (Wildman–Crippen MR) is 146 cm³/mol. The monoisotopic (exact) mass is 502 g/mol. The van der Waals surface area contributed by atoms with Crippen LogP contribution >= 0.6 is 0 Å². The van der Waals surface area contributed by atoms with Gasteiger partial charge in [-0.05, 0) is 43.6 Å². The van der Waals surface area contributed by atoms with E-state index in [0.717, 1.165) is 36.1 Å². The Morgan fingerprint density at radius 3 is 2.35 bits per heavy atom. The summed E-state index contributed by atoms with van der Waals surface area (Å²) in [4.78, 5) is 46.7. The fourth-order valence-corrected chi connectivity index (χ4v) is 5.15. The Kier molecular flexibility index (Phi) is 8.41. The molecule has 2 aliphatic rings. The quantitative estimate of drug-likeness (QED) is 0.479. The van der Waals surface area contributed by atoms with Crippen LogP contribution in [0.2, 0.25) is 0 Å². The van der Waals surface area contributed by atoms with Crippen LogP contribution < -0.4 is 16.0 Å². The average Bonchev–Trinajstić information content (AvgIpc) is 3.72. The molecule has 2 aromatic rings. The second-order valence-electron chi connectivity index (χ2n) is 10.7. The van der Waals surface area contributed by atoms with E-state index in [2.05, 4.69) is 5.32 Å². The molecule has 7 heteroatoms. The van der Waals surface area contributed by atoms with Crippen LogP contribution in [-0.2, 0) is 14.4 Å². The molecule has 1 saturated carbocycles. The largest absolute Gasteiger partial charge is 0.369 e. The highest BCUT2D eigenvalue weighted by Crippen LogP contribution is 2.35. The van der Waals surface area contributed by atoms with Gasteiger partial charge in [-0.25, -0.2) is 4.99 Å². The first-order chi connectivity index (χ1) is 17.8. The van der Waals surface area contributed by atoms with Gasteiger partial charge in [0.05, 0.1) is 11.4 Å².